The molecule has 1 saturated heterocycles. The van der Waals surface area contributed by atoms with Crippen molar-refractivity contribution >= 4 is 22.8 Å². The van der Waals surface area contributed by atoms with E-state index in [1.165, 1.54) is 16.8 Å². The molecule has 8 nitrogen and oxygen atoms in total. The number of rotatable bonds is 6. The number of halogens is 2. The lowest BCUT2D eigenvalue weighted by Gasteiger charge is -2.12. The number of methoxy groups -OCH3 is 1. The quantitative estimate of drug-likeness (QED) is 0.457. The fraction of sp³-hybridized carbons (Fsp3) is 0.261. The highest BCUT2D eigenvalue weighted by Crippen LogP contribution is 2.34. The average molecular weight is 452 g/mol. The maximum atomic E-state index is 14.8. The first-order valence-electron chi connectivity index (χ1n) is 10.6. The van der Waals surface area contributed by atoms with Crippen molar-refractivity contribution in [1.82, 2.24) is 19.7 Å². The van der Waals surface area contributed by atoms with Gasteiger partial charge in [0.05, 0.1) is 30.0 Å². The molecule has 0 amide bonds. The Kier molecular flexibility index (Phi) is 5.51. The number of fused-ring (bicyclic) bond motifs is 1. The van der Waals surface area contributed by atoms with Crippen LogP contribution in [0, 0.1) is 11.6 Å². The normalized spacial score (nSPS) is 15.8. The summed E-state index contributed by atoms with van der Waals surface area (Å²) in [5.74, 6) is -0.874. The van der Waals surface area contributed by atoms with Gasteiger partial charge in [-0.05, 0) is 49.2 Å². The summed E-state index contributed by atoms with van der Waals surface area (Å²) in [5.41, 5.74) is 7.47. The Morgan fingerprint density at radius 3 is 2.73 bits per heavy atom. The van der Waals surface area contributed by atoms with E-state index in [2.05, 4.69) is 20.4 Å². The van der Waals surface area contributed by atoms with E-state index in [1.54, 1.807) is 31.4 Å². The smallest absolute Gasteiger partial charge is 0.225 e. The molecule has 0 spiro atoms. The lowest BCUT2D eigenvalue weighted by molar-refractivity contribution is 0.120. The molecule has 1 fully saturated rings. The molecule has 1 aliphatic rings. The molecule has 33 heavy (non-hydrogen) atoms. The van der Waals surface area contributed by atoms with E-state index < -0.39 is 11.6 Å². The van der Waals surface area contributed by atoms with Crippen LogP contribution in [0.3, 0.4) is 0 Å². The summed E-state index contributed by atoms with van der Waals surface area (Å²) in [4.78, 5) is 8.98. The number of nitrogens with zero attached hydrogens (tertiary/aromatic N) is 4. The van der Waals surface area contributed by atoms with Gasteiger partial charge in [-0.25, -0.2) is 18.4 Å². The van der Waals surface area contributed by atoms with Gasteiger partial charge < -0.3 is 20.5 Å². The number of nitrogens with two attached hydrogens (primary N) is 1. The van der Waals surface area contributed by atoms with Crippen molar-refractivity contribution in [2.24, 2.45) is 0 Å². The molecular formula is C23H22F2N6O2. The average Bonchev–Trinajstić information content (AvgIpc) is 3.47. The molecule has 1 atom stereocenters. The third-order valence-corrected chi connectivity index (χ3v) is 5.60. The SMILES string of the molecule is COc1ccc(-n2nc3nc(NC[C@H]4CCCO4)nc(-c4cccc(F)c4F)c3c2N)cc1. The second-order valence-corrected chi connectivity index (χ2v) is 7.71. The van der Waals surface area contributed by atoms with Crippen LogP contribution in [0.2, 0.25) is 0 Å². The predicted octanol–water partition coefficient (Wildman–Crippen LogP) is 3.94. The minimum absolute atomic E-state index is 0.0245. The van der Waals surface area contributed by atoms with Gasteiger partial charge in [0.25, 0.3) is 0 Å². The molecule has 0 radical (unpaired) electrons. The first-order valence-corrected chi connectivity index (χ1v) is 10.6. The molecule has 0 bridgehead atoms. The molecule has 0 unspecified atom stereocenters. The van der Waals surface area contributed by atoms with Gasteiger partial charge in [0.2, 0.25) is 5.95 Å². The summed E-state index contributed by atoms with van der Waals surface area (Å²) < 4.78 is 41.1. The summed E-state index contributed by atoms with van der Waals surface area (Å²) in [5, 5.41) is 8.00. The van der Waals surface area contributed by atoms with Gasteiger partial charge in [0.1, 0.15) is 11.6 Å². The Hall–Kier alpha value is -3.79. The molecule has 2 aromatic carbocycles. The lowest BCUT2D eigenvalue weighted by Crippen LogP contribution is -2.19. The Labute approximate surface area is 188 Å². The molecule has 170 valence electrons. The molecule has 10 heteroatoms. The third kappa shape index (κ3) is 3.93. The number of anilines is 2. The number of benzene rings is 2. The zero-order chi connectivity index (χ0) is 22.9. The number of ether oxygens (including phenoxy) is 2. The minimum atomic E-state index is -1.01. The van der Waals surface area contributed by atoms with Crippen molar-refractivity contribution < 1.29 is 18.3 Å². The van der Waals surface area contributed by atoms with Crippen LogP contribution in [0.4, 0.5) is 20.5 Å². The van der Waals surface area contributed by atoms with Crippen molar-refractivity contribution in [2.75, 3.05) is 31.3 Å². The second-order valence-electron chi connectivity index (χ2n) is 7.71. The number of aromatic nitrogens is 4. The summed E-state index contributed by atoms with van der Waals surface area (Å²) in [7, 11) is 1.58. The Morgan fingerprint density at radius 2 is 2.00 bits per heavy atom. The monoisotopic (exact) mass is 452 g/mol. The summed E-state index contributed by atoms with van der Waals surface area (Å²) in [6.45, 7) is 1.21. The van der Waals surface area contributed by atoms with E-state index in [1.807, 2.05) is 0 Å². The van der Waals surface area contributed by atoms with Gasteiger partial charge in [-0.3, -0.25) is 0 Å². The maximum Gasteiger partial charge on any atom is 0.225 e. The molecule has 3 N–H and O–H groups in total. The fourth-order valence-electron chi connectivity index (χ4n) is 3.90. The zero-order valence-corrected chi connectivity index (χ0v) is 17.9. The molecule has 0 aliphatic carbocycles. The van der Waals surface area contributed by atoms with Crippen molar-refractivity contribution in [2.45, 2.75) is 18.9 Å². The highest BCUT2D eigenvalue weighted by molar-refractivity contribution is 5.99. The van der Waals surface area contributed by atoms with Gasteiger partial charge in [0.15, 0.2) is 17.3 Å². The minimum Gasteiger partial charge on any atom is -0.497 e. The molecule has 0 saturated carbocycles. The number of nitrogen functional groups attached to an aromatic ring is 1. The fourth-order valence-corrected chi connectivity index (χ4v) is 3.90. The highest BCUT2D eigenvalue weighted by Gasteiger charge is 2.23. The van der Waals surface area contributed by atoms with Crippen LogP contribution in [0.5, 0.6) is 5.75 Å². The van der Waals surface area contributed by atoms with E-state index in [0.717, 1.165) is 25.5 Å². The van der Waals surface area contributed by atoms with Crippen molar-refractivity contribution in [3.63, 3.8) is 0 Å². The van der Waals surface area contributed by atoms with Gasteiger partial charge >= 0.3 is 0 Å². The van der Waals surface area contributed by atoms with Crippen LogP contribution < -0.4 is 15.8 Å². The van der Waals surface area contributed by atoms with E-state index in [9.17, 15) is 8.78 Å². The summed E-state index contributed by atoms with van der Waals surface area (Å²) >= 11 is 0. The van der Waals surface area contributed by atoms with Crippen LogP contribution in [0.15, 0.2) is 42.5 Å². The Balaban J connectivity index is 1.65. The standard InChI is InChI=1S/C23H22F2N6O2/c1-32-14-9-7-13(8-10-14)31-21(26)18-20(16-5-2-6-17(24)19(16)25)28-23(29-22(18)30-31)27-12-15-4-3-11-33-15/h2,5-10,15H,3-4,11-12,26H2,1H3,(H,27,29,30)/t15-/m1/s1. The summed E-state index contributed by atoms with van der Waals surface area (Å²) in [6, 6.07) is 11.0. The molecular weight excluding hydrogens is 430 g/mol. The van der Waals surface area contributed by atoms with Crippen molar-refractivity contribution in [3.8, 4) is 22.7 Å². The predicted molar refractivity (Wildman–Crippen MR) is 120 cm³/mol. The first-order chi connectivity index (χ1) is 16.0. The Morgan fingerprint density at radius 1 is 1.18 bits per heavy atom. The Bertz CT molecular complexity index is 1300. The maximum absolute atomic E-state index is 14.8. The lowest BCUT2D eigenvalue weighted by atomic mass is 10.1. The molecule has 2 aromatic heterocycles. The topological polar surface area (TPSA) is 100 Å². The zero-order valence-electron chi connectivity index (χ0n) is 17.9. The van der Waals surface area contributed by atoms with E-state index >= 15 is 0 Å². The van der Waals surface area contributed by atoms with Gasteiger partial charge in [-0.1, -0.05) is 6.07 Å². The molecule has 1 aliphatic heterocycles. The van der Waals surface area contributed by atoms with Gasteiger partial charge in [0, 0.05) is 18.7 Å². The third-order valence-electron chi connectivity index (χ3n) is 5.60. The van der Waals surface area contributed by atoms with Crippen LogP contribution in [0.25, 0.3) is 28.0 Å². The largest absolute Gasteiger partial charge is 0.497 e. The van der Waals surface area contributed by atoms with Crippen LogP contribution in [-0.2, 0) is 4.74 Å². The van der Waals surface area contributed by atoms with E-state index in [-0.39, 0.29) is 34.8 Å². The van der Waals surface area contributed by atoms with Crippen molar-refractivity contribution in [1.29, 1.82) is 0 Å². The van der Waals surface area contributed by atoms with Gasteiger partial charge in [-0.15, -0.1) is 5.10 Å². The van der Waals surface area contributed by atoms with E-state index in [0.29, 0.717) is 23.4 Å². The van der Waals surface area contributed by atoms with E-state index in [4.69, 9.17) is 15.2 Å². The molecule has 4 aromatic rings. The molecule has 3 heterocycles. The van der Waals surface area contributed by atoms with Crippen LogP contribution in [-0.4, -0.2) is 46.1 Å². The number of hydrogen-bond acceptors (Lipinski definition) is 7. The highest BCUT2D eigenvalue weighted by atomic mass is 19.2. The second kappa shape index (κ2) is 8.62. The summed E-state index contributed by atoms with van der Waals surface area (Å²) in [6.07, 6.45) is 1.97. The van der Waals surface area contributed by atoms with Crippen LogP contribution in [0.1, 0.15) is 12.8 Å². The van der Waals surface area contributed by atoms with Gasteiger partial charge in [-0.2, -0.15) is 4.98 Å². The van der Waals surface area contributed by atoms with Crippen molar-refractivity contribution in [3.05, 3.63) is 54.1 Å². The number of hydrogen-bond donors (Lipinski definition) is 2. The van der Waals surface area contributed by atoms with Crippen LogP contribution >= 0.6 is 0 Å². The number of nitrogens with one attached hydrogen (secondary N) is 1. The molecule has 5 rings (SSSR count). The first kappa shape index (κ1) is 21.1.